The minimum atomic E-state index is -0.618. The van der Waals surface area contributed by atoms with E-state index in [4.69, 9.17) is 4.42 Å². The lowest BCUT2D eigenvalue weighted by Crippen LogP contribution is -2.46. The van der Waals surface area contributed by atoms with Gasteiger partial charge < -0.3 is 9.32 Å². The first-order chi connectivity index (χ1) is 25.6. The zero-order valence-corrected chi connectivity index (χ0v) is 30.6. The molecule has 6 nitrogen and oxygen atoms in total. The first-order valence-corrected chi connectivity index (χ1v) is 18.8. The number of carbonyl (C=O) groups excluding carboxylic acids is 1. The van der Waals surface area contributed by atoms with Gasteiger partial charge in [-0.15, -0.1) is 0 Å². The Morgan fingerprint density at radius 1 is 0.654 bits per heavy atom. The molecule has 1 aromatic heterocycles. The first-order valence-electron chi connectivity index (χ1n) is 18.8. The number of aromatic nitrogens is 1. The van der Waals surface area contributed by atoms with Gasteiger partial charge in [0, 0.05) is 39.1 Å². The van der Waals surface area contributed by atoms with Crippen LogP contribution in [0.2, 0.25) is 0 Å². The molecular formula is C46H53N3O3. The molecule has 0 unspecified atom stereocenters. The van der Waals surface area contributed by atoms with Crippen LogP contribution in [0.1, 0.15) is 68.6 Å². The fourth-order valence-corrected chi connectivity index (χ4v) is 6.35. The van der Waals surface area contributed by atoms with E-state index < -0.39 is 5.76 Å². The average molecular weight is 696 g/mol. The van der Waals surface area contributed by atoms with Crippen LogP contribution in [0, 0.1) is 0 Å². The zero-order valence-electron chi connectivity index (χ0n) is 30.6. The topological polar surface area (TPSA) is 58.7 Å². The number of hydrogen-bond acceptors (Lipinski definition) is 5. The van der Waals surface area contributed by atoms with Crippen LogP contribution < -0.4 is 10.7 Å². The highest BCUT2D eigenvalue weighted by Crippen LogP contribution is 2.28. The van der Waals surface area contributed by atoms with Gasteiger partial charge in [0.25, 0.3) is 0 Å². The molecule has 0 saturated carbocycles. The predicted octanol–water partition coefficient (Wildman–Crippen LogP) is 10.7. The number of anilines is 1. The second-order valence-electron chi connectivity index (χ2n) is 13.0. The molecule has 6 heteroatoms. The third-order valence-electron chi connectivity index (χ3n) is 9.11. The van der Waals surface area contributed by atoms with Crippen molar-refractivity contribution in [3.63, 3.8) is 0 Å². The molecular weight excluding hydrogens is 643 g/mol. The van der Waals surface area contributed by atoms with Gasteiger partial charge in [-0.25, -0.2) is 9.36 Å². The smallest absolute Gasteiger partial charge is 0.405 e. The molecule has 1 fully saturated rings. The maximum absolute atomic E-state index is 13.2. The molecule has 1 aliphatic rings. The van der Waals surface area contributed by atoms with E-state index in [1.54, 1.807) is 6.07 Å². The molecule has 0 radical (unpaired) electrons. The summed E-state index contributed by atoms with van der Waals surface area (Å²) in [7, 11) is 0. The van der Waals surface area contributed by atoms with Crippen molar-refractivity contribution in [1.29, 1.82) is 0 Å². The van der Waals surface area contributed by atoms with Gasteiger partial charge in [0.15, 0.2) is 5.58 Å². The number of fused-ring (bicyclic) bond motifs is 1. The number of nitrogens with zero attached hydrogens (tertiary/aromatic N) is 3. The van der Waals surface area contributed by atoms with Crippen LogP contribution in [0.5, 0.6) is 0 Å². The van der Waals surface area contributed by atoms with E-state index in [1.165, 1.54) is 21.3 Å². The van der Waals surface area contributed by atoms with Crippen LogP contribution in [0.4, 0.5) is 5.69 Å². The lowest BCUT2D eigenvalue weighted by atomic mass is 10.0. The largest absolute Gasteiger partial charge is 0.426 e. The first kappa shape index (κ1) is 38.0. The number of oxazole rings is 1. The van der Waals surface area contributed by atoms with Gasteiger partial charge in [-0.05, 0) is 79.8 Å². The summed E-state index contributed by atoms with van der Waals surface area (Å²) in [6.45, 7) is 6.43. The molecule has 5 rings (SSSR count). The van der Waals surface area contributed by atoms with E-state index in [9.17, 15) is 9.59 Å². The van der Waals surface area contributed by atoms with Crippen molar-refractivity contribution in [2.24, 2.45) is 0 Å². The molecule has 4 aromatic rings. The standard InChI is InChI=1S/C46H53N3O3/c1-2-3-4-5-6-7-8-9-10-11-12-13-14-15-16-17-18-19-23-32-44(50)49-43-31-25-30-42(45(43)52-46(49)51)48-35-33-47(34-36-48)38-39-26-24-29-41(37-39)40-27-21-20-22-28-40/h3-4,6-7,9-10,12-13,15-16,18-22,24-31,37H,2,5,8,11,14,17,23,32-36,38H2,1H3/b4-3-,7-6-,10-9-,13-12-,16-15-,19-18-. The third kappa shape index (κ3) is 11.7. The fraction of sp³-hybridized carbons (Fsp3) is 0.304. The Balaban J connectivity index is 1.03. The molecule has 3 aromatic carbocycles. The van der Waals surface area contributed by atoms with Crippen molar-refractivity contribution in [3.8, 4) is 11.1 Å². The maximum atomic E-state index is 13.2. The van der Waals surface area contributed by atoms with Crippen molar-refractivity contribution in [1.82, 2.24) is 9.47 Å². The molecule has 2 heterocycles. The van der Waals surface area contributed by atoms with Crippen molar-refractivity contribution >= 4 is 22.7 Å². The number of para-hydroxylation sites is 1. The van der Waals surface area contributed by atoms with E-state index in [1.807, 2.05) is 24.3 Å². The number of rotatable bonds is 18. The summed E-state index contributed by atoms with van der Waals surface area (Å²) < 4.78 is 6.92. The lowest BCUT2D eigenvalue weighted by molar-refractivity contribution is 0.0900. The summed E-state index contributed by atoms with van der Waals surface area (Å²) in [5.74, 6) is -0.866. The second-order valence-corrected chi connectivity index (χ2v) is 13.0. The molecule has 0 N–H and O–H groups in total. The number of benzene rings is 3. The van der Waals surface area contributed by atoms with Crippen molar-refractivity contribution in [3.05, 3.63) is 162 Å². The summed E-state index contributed by atoms with van der Waals surface area (Å²) in [4.78, 5) is 30.8. The van der Waals surface area contributed by atoms with Crippen LogP contribution in [0.3, 0.4) is 0 Å². The number of hydrogen-bond donors (Lipinski definition) is 0. The normalized spacial score (nSPS) is 14.6. The Labute approximate surface area is 309 Å². The molecule has 0 amide bonds. The molecule has 52 heavy (non-hydrogen) atoms. The quantitative estimate of drug-likeness (QED) is 0.0970. The average Bonchev–Trinajstić information content (AvgIpc) is 3.52. The molecule has 270 valence electrons. The minimum Gasteiger partial charge on any atom is -0.405 e. The third-order valence-corrected chi connectivity index (χ3v) is 9.11. The Morgan fingerprint density at radius 3 is 1.87 bits per heavy atom. The number of carbonyl (C=O) groups is 1. The van der Waals surface area contributed by atoms with Crippen molar-refractivity contribution < 1.29 is 9.21 Å². The molecule has 1 saturated heterocycles. The lowest BCUT2D eigenvalue weighted by Gasteiger charge is -2.36. The van der Waals surface area contributed by atoms with Crippen LogP contribution in [0.25, 0.3) is 22.2 Å². The highest BCUT2D eigenvalue weighted by molar-refractivity contribution is 5.94. The number of allylic oxidation sites excluding steroid dienone is 12. The highest BCUT2D eigenvalue weighted by Gasteiger charge is 2.23. The summed E-state index contributed by atoms with van der Waals surface area (Å²) in [5.41, 5.74) is 5.64. The summed E-state index contributed by atoms with van der Waals surface area (Å²) in [6.07, 6.45) is 32.5. The molecule has 0 aliphatic carbocycles. The van der Waals surface area contributed by atoms with Gasteiger partial charge in [-0.2, -0.15) is 0 Å². The molecule has 0 spiro atoms. The van der Waals surface area contributed by atoms with Crippen molar-refractivity contribution in [2.45, 2.75) is 64.8 Å². The maximum Gasteiger partial charge on any atom is 0.426 e. The van der Waals surface area contributed by atoms with Crippen LogP contribution in [-0.4, -0.2) is 41.6 Å². The van der Waals surface area contributed by atoms with Gasteiger partial charge in [0.05, 0.1) is 5.69 Å². The Hall–Kier alpha value is -5.20. The summed E-state index contributed by atoms with van der Waals surface area (Å²) in [5, 5.41) is 0. The Morgan fingerprint density at radius 2 is 1.23 bits per heavy atom. The van der Waals surface area contributed by atoms with E-state index in [0.717, 1.165) is 76.9 Å². The fourth-order valence-electron chi connectivity index (χ4n) is 6.35. The molecule has 1 aliphatic heterocycles. The van der Waals surface area contributed by atoms with Gasteiger partial charge in [0.2, 0.25) is 5.91 Å². The molecule has 0 bridgehead atoms. The zero-order chi connectivity index (χ0) is 36.2. The SMILES string of the molecule is CC/C=C\C/C=C\C/C=C\C/C=C\C/C=C\C/C=C\CCC(=O)n1c(=O)oc2c(N3CCN(Cc4cccc(-c5ccccc5)c4)CC3)cccc21. The summed E-state index contributed by atoms with van der Waals surface area (Å²) in [6, 6.07) is 24.9. The van der Waals surface area contributed by atoms with E-state index >= 15 is 0 Å². The van der Waals surface area contributed by atoms with E-state index in [-0.39, 0.29) is 12.3 Å². The van der Waals surface area contributed by atoms with Crippen LogP contribution >= 0.6 is 0 Å². The minimum absolute atomic E-state index is 0.241. The van der Waals surface area contributed by atoms with Gasteiger partial charge in [0.1, 0.15) is 5.52 Å². The summed E-state index contributed by atoms with van der Waals surface area (Å²) >= 11 is 0. The van der Waals surface area contributed by atoms with Crippen LogP contribution in [-0.2, 0) is 6.54 Å². The van der Waals surface area contributed by atoms with E-state index in [0.29, 0.717) is 17.5 Å². The van der Waals surface area contributed by atoms with Gasteiger partial charge in [-0.1, -0.05) is 134 Å². The Bertz CT molecular complexity index is 1930. The van der Waals surface area contributed by atoms with Gasteiger partial charge in [-0.3, -0.25) is 9.69 Å². The van der Waals surface area contributed by atoms with Crippen LogP contribution in [0.15, 0.2) is 155 Å². The van der Waals surface area contributed by atoms with E-state index in [2.05, 4.69) is 132 Å². The predicted molar refractivity (Wildman–Crippen MR) is 218 cm³/mol. The van der Waals surface area contributed by atoms with Crippen molar-refractivity contribution in [2.75, 3.05) is 31.1 Å². The molecule has 0 atom stereocenters. The highest BCUT2D eigenvalue weighted by atomic mass is 16.4. The van der Waals surface area contributed by atoms with Gasteiger partial charge >= 0.3 is 5.76 Å². The second kappa shape index (κ2) is 21.2. The monoisotopic (exact) mass is 695 g/mol. The number of piperazine rings is 1. The Kier molecular flexibility index (Phi) is 15.5.